The quantitative estimate of drug-likeness (QED) is 0.758. The van der Waals surface area contributed by atoms with Crippen LogP contribution in [0.25, 0.3) is 0 Å². The van der Waals surface area contributed by atoms with Gasteiger partial charge >= 0.3 is 0 Å². The molecular formula is C9H16N2OS. The molecular weight excluding hydrogens is 184 g/mol. The summed E-state index contributed by atoms with van der Waals surface area (Å²) in [6.07, 6.45) is 2.99. The molecule has 0 aliphatic rings. The highest BCUT2D eigenvalue weighted by atomic mass is 32.1. The van der Waals surface area contributed by atoms with Crippen LogP contribution in [0.2, 0.25) is 0 Å². The topological polar surface area (TPSA) is 34.1 Å². The minimum absolute atomic E-state index is 0.451. The molecule has 0 aromatic carbocycles. The average molecular weight is 200 g/mol. The predicted molar refractivity (Wildman–Crippen MR) is 54.9 cm³/mol. The summed E-state index contributed by atoms with van der Waals surface area (Å²) in [4.78, 5) is 5.29. The number of ether oxygens (including phenoxy) is 1. The fourth-order valence-corrected chi connectivity index (χ4v) is 1.64. The third-order valence-electron chi connectivity index (χ3n) is 1.91. The average Bonchev–Trinajstić information content (AvgIpc) is 2.64. The van der Waals surface area contributed by atoms with Crippen molar-refractivity contribution in [2.75, 3.05) is 13.7 Å². The van der Waals surface area contributed by atoms with E-state index in [1.807, 2.05) is 11.7 Å². The molecule has 1 aromatic heterocycles. The zero-order chi connectivity index (χ0) is 9.52. The van der Waals surface area contributed by atoms with Crippen LogP contribution in [-0.2, 0) is 11.3 Å². The van der Waals surface area contributed by atoms with E-state index in [9.17, 15) is 0 Å². The molecule has 3 nitrogen and oxygen atoms in total. The molecule has 0 spiro atoms. The summed E-state index contributed by atoms with van der Waals surface area (Å²) in [6, 6.07) is 0.451. The SMILES string of the molecule is CCC(COC)NCc1cncs1. The fourth-order valence-electron chi connectivity index (χ4n) is 1.10. The number of methoxy groups -OCH3 is 1. The lowest BCUT2D eigenvalue weighted by molar-refractivity contribution is 0.164. The molecule has 13 heavy (non-hydrogen) atoms. The van der Waals surface area contributed by atoms with E-state index in [4.69, 9.17) is 4.74 Å². The zero-order valence-corrected chi connectivity index (χ0v) is 8.93. The van der Waals surface area contributed by atoms with Crippen molar-refractivity contribution in [2.45, 2.75) is 25.9 Å². The van der Waals surface area contributed by atoms with Crippen LogP contribution in [0.1, 0.15) is 18.2 Å². The number of hydrogen-bond donors (Lipinski definition) is 1. The number of nitrogens with zero attached hydrogens (tertiary/aromatic N) is 1. The summed E-state index contributed by atoms with van der Waals surface area (Å²) in [5.74, 6) is 0. The van der Waals surface area contributed by atoms with Crippen LogP contribution >= 0.6 is 11.3 Å². The van der Waals surface area contributed by atoms with Crippen LogP contribution in [0.5, 0.6) is 0 Å². The molecule has 0 saturated carbocycles. The Kier molecular flexibility index (Phi) is 4.97. The van der Waals surface area contributed by atoms with Gasteiger partial charge in [-0.1, -0.05) is 6.92 Å². The second kappa shape index (κ2) is 6.07. The highest BCUT2D eigenvalue weighted by Gasteiger charge is 2.04. The minimum atomic E-state index is 0.451. The lowest BCUT2D eigenvalue weighted by Crippen LogP contribution is -2.31. The van der Waals surface area contributed by atoms with Crippen LogP contribution < -0.4 is 5.32 Å². The fraction of sp³-hybridized carbons (Fsp3) is 0.667. The van der Waals surface area contributed by atoms with Crippen LogP contribution in [0.3, 0.4) is 0 Å². The molecule has 0 fully saturated rings. The summed E-state index contributed by atoms with van der Waals surface area (Å²) < 4.78 is 5.09. The van der Waals surface area contributed by atoms with Crippen LogP contribution in [0.15, 0.2) is 11.7 Å². The van der Waals surface area contributed by atoms with Crippen LogP contribution in [0, 0.1) is 0 Å². The molecule has 4 heteroatoms. The Hall–Kier alpha value is -0.450. The lowest BCUT2D eigenvalue weighted by Gasteiger charge is -2.14. The van der Waals surface area contributed by atoms with Gasteiger partial charge in [-0.3, -0.25) is 4.98 Å². The maximum Gasteiger partial charge on any atom is 0.0794 e. The number of hydrogen-bond acceptors (Lipinski definition) is 4. The first-order chi connectivity index (χ1) is 6.36. The molecule has 0 bridgehead atoms. The molecule has 1 rings (SSSR count). The molecule has 0 saturated heterocycles. The second-order valence-electron chi connectivity index (χ2n) is 2.91. The maximum atomic E-state index is 5.09. The van der Waals surface area contributed by atoms with E-state index in [-0.39, 0.29) is 0 Å². The van der Waals surface area contributed by atoms with E-state index in [1.54, 1.807) is 18.4 Å². The summed E-state index contributed by atoms with van der Waals surface area (Å²) in [6.45, 7) is 3.82. The normalized spacial score (nSPS) is 13.1. The monoisotopic (exact) mass is 200 g/mol. The molecule has 1 aromatic rings. The number of aromatic nitrogens is 1. The lowest BCUT2D eigenvalue weighted by atomic mass is 10.2. The maximum absolute atomic E-state index is 5.09. The van der Waals surface area contributed by atoms with Gasteiger partial charge in [0.1, 0.15) is 0 Å². The predicted octanol–water partition coefficient (Wildman–Crippen LogP) is 1.66. The van der Waals surface area contributed by atoms with Crippen molar-refractivity contribution in [3.63, 3.8) is 0 Å². The van der Waals surface area contributed by atoms with Gasteiger partial charge < -0.3 is 10.1 Å². The largest absolute Gasteiger partial charge is 0.383 e. The van der Waals surface area contributed by atoms with Crippen LogP contribution in [-0.4, -0.2) is 24.7 Å². The van der Waals surface area contributed by atoms with Crippen molar-refractivity contribution in [3.8, 4) is 0 Å². The number of thiazole rings is 1. The van der Waals surface area contributed by atoms with E-state index in [2.05, 4.69) is 17.2 Å². The first kappa shape index (κ1) is 10.6. The van der Waals surface area contributed by atoms with E-state index in [0.717, 1.165) is 19.6 Å². The summed E-state index contributed by atoms with van der Waals surface area (Å²) in [7, 11) is 1.73. The van der Waals surface area contributed by atoms with Gasteiger partial charge in [0, 0.05) is 30.8 Å². The Morgan fingerprint density at radius 2 is 2.54 bits per heavy atom. The molecule has 1 N–H and O–H groups in total. The van der Waals surface area contributed by atoms with E-state index in [1.165, 1.54) is 4.88 Å². The van der Waals surface area contributed by atoms with Gasteiger partial charge in [-0.15, -0.1) is 11.3 Å². The van der Waals surface area contributed by atoms with Gasteiger partial charge in [0.05, 0.1) is 12.1 Å². The Morgan fingerprint density at radius 1 is 1.69 bits per heavy atom. The molecule has 1 unspecified atom stereocenters. The Balaban J connectivity index is 2.23. The second-order valence-corrected chi connectivity index (χ2v) is 3.88. The standard InChI is InChI=1S/C9H16N2OS/c1-3-8(6-12-2)11-5-9-4-10-7-13-9/h4,7-8,11H,3,5-6H2,1-2H3. The molecule has 0 aliphatic heterocycles. The molecule has 0 radical (unpaired) electrons. The van der Waals surface area contributed by atoms with Crippen molar-refractivity contribution < 1.29 is 4.74 Å². The van der Waals surface area contributed by atoms with Gasteiger partial charge in [-0.05, 0) is 6.42 Å². The molecule has 0 aliphatic carbocycles. The third-order valence-corrected chi connectivity index (χ3v) is 2.69. The molecule has 1 atom stereocenters. The smallest absolute Gasteiger partial charge is 0.0794 e. The summed E-state index contributed by atoms with van der Waals surface area (Å²) in [5.41, 5.74) is 1.86. The van der Waals surface area contributed by atoms with Crippen molar-refractivity contribution >= 4 is 11.3 Å². The summed E-state index contributed by atoms with van der Waals surface area (Å²) >= 11 is 1.68. The van der Waals surface area contributed by atoms with Gasteiger partial charge in [-0.2, -0.15) is 0 Å². The number of nitrogens with one attached hydrogen (secondary N) is 1. The van der Waals surface area contributed by atoms with Gasteiger partial charge in [0.2, 0.25) is 0 Å². The van der Waals surface area contributed by atoms with Crippen molar-refractivity contribution in [2.24, 2.45) is 0 Å². The minimum Gasteiger partial charge on any atom is -0.383 e. The van der Waals surface area contributed by atoms with Crippen LogP contribution in [0.4, 0.5) is 0 Å². The number of rotatable bonds is 6. The van der Waals surface area contributed by atoms with Gasteiger partial charge in [0.15, 0.2) is 0 Å². The molecule has 1 heterocycles. The van der Waals surface area contributed by atoms with E-state index in [0.29, 0.717) is 6.04 Å². The van der Waals surface area contributed by atoms with Crippen molar-refractivity contribution in [3.05, 3.63) is 16.6 Å². The third kappa shape index (κ3) is 3.85. The van der Waals surface area contributed by atoms with Gasteiger partial charge in [-0.25, -0.2) is 0 Å². The highest BCUT2D eigenvalue weighted by Crippen LogP contribution is 2.05. The van der Waals surface area contributed by atoms with Crippen molar-refractivity contribution in [1.29, 1.82) is 0 Å². The van der Waals surface area contributed by atoms with E-state index >= 15 is 0 Å². The van der Waals surface area contributed by atoms with Crippen molar-refractivity contribution in [1.82, 2.24) is 10.3 Å². The van der Waals surface area contributed by atoms with E-state index < -0.39 is 0 Å². The Morgan fingerprint density at radius 3 is 3.08 bits per heavy atom. The first-order valence-electron chi connectivity index (χ1n) is 4.46. The molecule has 0 amide bonds. The molecule has 74 valence electrons. The van der Waals surface area contributed by atoms with Gasteiger partial charge in [0.25, 0.3) is 0 Å². The summed E-state index contributed by atoms with van der Waals surface area (Å²) in [5, 5.41) is 3.42. The Bertz CT molecular complexity index is 213. The highest BCUT2D eigenvalue weighted by molar-refractivity contribution is 7.09. The zero-order valence-electron chi connectivity index (χ0n) is 8.12. The Labute approximate surface area is 83.1 Å². The first-order valence-corrected chi connectivity index (χ1v) is 5.34.